The molecule has 3 aromatic rings. The monoisotopic (exact) mass is 358 g/mol. The molecule has 0 aliphatic heterocycles. The van der Waals surface area contributed by atoms with Crippen LogP contribution in [0.1, 0.15) is 22.8 Å². The van der Waals surface area contributed by atoms with Gasteiger partial charge in [-0.15, -0.1) is 0 Å². The van der Waals surface area contributed by atoms with Gasteiger partial charge < -0.3 is 9.73 Å². The van der Waals surface area contributed by atoms with Gasteiger partial charge in [0.15, 0.2) is 12.0 Å². The second-order valence-electron chi connectivity index (χ2n) is 5.24. The highest BCUT2D eigenvalue weighted by molar-refractivity contribution is 9.10. The summed E-state index contributed by atoms with van der Waals surface area (Å²) in [6, 6.07) is 13.4. The molecule has 0 aliphatic carbocycles. The van der Waals surface area contributed by atoms with Gasteiger partial charge in [-0.25, -0.2) is 4.98 Å². The zero-order chi connectivity index (χ0) is 15.5. The summed E-state index contributed by atoms with van der Waals surface area (Å²) in [5.74, 6) is -0.102. The maximum atomic E-state index is 12.3. The second kappa shape index (κ2) is 6.32. The van der Waals surface area contributed by atoms with Crippen LogP contribution in [0.25, 0.3) is 11.1 Å². The fourth-order valence-corrected chi connectivity index (χ4v) is 2.60. The molecule has 1 heterocycles. The zero-order valence-electron chi connectivity index (χ0n) is 12.0. The van der Waals surface area contributed by atoms with E-state index in [-0.39, 0.29) is 11.9 Å². The molecule has 0 fully saturated rings. The molecule has 4 nitrogen and oxygen atoms in total. The minimum Gasteiger partial charge on any atom is -0.443 e. The topological polar surface area (TPSA) is 55.1 Å². The molecule has 2 aromatic carbocycles. The molecule has 0 aliphatic rings. The van der Waals surface area contributed by atoms with E-state index in [9.17, 15) is 4.79 Å². The molecule has 22 heavy (non-hydrogen) atoms. The van der Waals surface area contributed by atoms with Crippen molar-refractivity contribution in [2.24, 2.45) is 0 Å². The first-order valence-electron chi connectivity index (χ1n) is 7.00. The Kier molecular flexibility index (Phi) is 4.24. The number of nitrogens with zero attached hydrogens (tertiary/aromatic N) is 1. The minimum atomic E-state index is -0.102. The van der Waals surface area contributed by atoms with Gasteiger partial charge in [-0.1, -0.05) is 28.1 Å². The molecule has 1 aromatic heterocycles. The lowest BCUT2D eigenvalue weighted by Crippen LogP contribution is -2.34. The molecular weight excluding hydrogens is 344 g/mol. The average molecular weight is 359 g/mol. The van der Waals surface area contributed by atoms with Gasteiger partial charge in [-0.2, -0.15) is 0 Å². The van der Waals surface area contributed by atoms with E-state index in [4.69, 9.17) is 4.42 Å². The highest BCUT2D eigenvalue weighted by atomic mass is 79.9. The van der Waals surface area contributed by atoms with Crippen molar-refractivity contribution in [2.45, 2.75) is 19.4 Å². The van der Waals surface area contributed by atoms with Crippen LogP contribution in [-0.4, -0.2) is 16.9 Å². The van der Waals surface area contributed by atoms with Crippen molar-refractivity contribution in [3.8, 4) is 0 Å². The summed E-state index contributed by atoms with van der Waals surface area (Å²) in [5.41, 5.74) is 3.14. The third-order valence-corrected chi connectivity index (χ3v) is 3.95. The predicted octanol–water partition coefficient (Wildman–Crippen LogP) is 3.95. The average Bonchev–Trinajstić information content (AvgIpc) is 2.97. The number of halogens is 1. The number of fused-ring (bicyclic) bond motifs is 1. The van der Waals surface area contributed by atoms with Crippen LogP contribution < -0.4 is 5.32 Å². The van der Waals surface area contributed by atoms with E-state index in [0.717, 1.165) is 10.9 Å². The summed E-state index contributed by atoms with van der Waals surface area (Å²) in [4.78, 5) is 16.4. The van der Waals surface area contributed by atoms with Gasteiger partial charge in [-0.05, 0) is 49.2 Å². The van der Waals surface area contributed by atoms with Crippen LogP contribution in [-0.2, 0) is 6.42 Å². The highest BCUT2D eigenvalue weighted by Gasteiger charge is 2.12. The molecule has 1 amide bonds. The quantitative estimate of drug-likeness (QED) is 0.767. The fraction of sp³-hybridized carbons (Fsp3) is 0.176. The molecule has 112 valence electrons. The van der Waals surface area contributed by atoms with Crippen molar-refractivity contribution in [1.29, 1.82) is 0 Å². The summed E-state index contributed by atoms with van der Waals surface area (Å²) in [6.45, 7) is 1.99. The van der Waals surface area contributed by atoms with E-state index in [0.29, 0.717) is 16.7 Å². The van der Waals surface area contributed by atoms with Gasteiger partial charge in [0.25, 0.3) is 5.91 Å². The Morgan fingerprint density at radius 1 is 1.27 bits per heavy atom. The summed E-state index contributed by atoms with van der Waals surface area (Å²) in [7, 11) is 0. The molecule has 0 saturated heterocycles. The summed E-state index contributed by atoms with van der Waals surface area (Å²) < 4.78 is 6.23. The molecule has 0 saturated carbocycles. The second-order valence-corrected chi connectivity index (χ2v) is 6.16. The van der Waals surface area contributed by atoms with Crippen molar-refractivity contribution >= 4 is 32.9 Å². The van der Waals surface area contributed by atoms with Crippen LogP contribution >= 0.6 is 15.9 Å². The first kappa shape index (κ1) is 14.8. The predicted molar refractivity (Wildman–Crippen MR) is 88.8 cm³/mol. The fourth-order valence-electron chi connectivity index (χ4n) is 2.33. The molecule has 1 unspecified atom stereocenters. The number of nitrogens with one attached hydrogen (secondary N) is 1. The van der Waals surface area contributed by atoms with Crippen molar-refractivity contribution in [3.05, 3.63) is 64.5 Å². The molecular formula is C17H15BrN2O2. The van der Waals surface area contributed by atoms with Crippen molar-refractivity contribution < 1.29 is 9.21 Å². The van der Waals surface area contributed by atoms with Crippen molar-refractivity contribution in [2.75, 3.05) is 0 Å². The van der Waals surface area contributed by atoms with E-state index in [1.165, 1.54) is 12.0 Å². The Morgan fingerprint density at radius 3 is 2.82 bits per heavy atom. The molecule has 0 bridgehead atoms. The number of rotatable bonds is 4. The largest absolute Gasteiger partial charge is 0.443 e. The van der Waals surface area contributed by atoms with Crippen LogP contribution in [0.4, 0.5) is 0 Å². The van der Waals surface area contributed by atoms with E-state index in [1.54, 1.807) is 18.2 Å². The van der Waals surface area contributed by atoms with Crippen LogP contribution in [0.2, 0.25) is 0 Å². The van der Waals surface area contributed by atoms with Crippen molar-refractivity contribution in [1.82, 2.24) is 10.3 Å². The normalized spacial score (nSPS) is 12.3. The summed E-state index contributed by atoms with van der Waals surface area (Å²) in [5, 5.41) is 3.01. The number of amides is 1. The zero-order valence-corrected chi connectivity index (χ0v) is 13.6. The van der Waals surface area contributed by atoms with Gasteiger partial charge in [0.2, 0.25) is 0 Å². The van der Waals surface area contributed by atoms with Crippen LogP contribution in [0.3, 0.4) is 0 Å². The van der Waals surface area contributed by atoms with Crippen LogP contribution in [0.5, 0.6) is 0 Å². The number of benzene rings is 2. The van der Waals surface area contributed by atoms with Gasteiger partial charge in [0.05, 0.1) is 0 Å². The van der Waals surface area contributed by atoms with Gasteiger partial charge in [-0.3, -0.25) is 4.79 Å². The maximum absolute atomic E-state index is 12.3. The van der Waals surface area contributed by atoms with Gasteiger partial charge in [0, 0.05) is 16.1 Å². The Balaban J connectivity index is 1.66. The first-order chi connectivity index (χ1) is 10.6. The lowest BCUT2D eigenvalue weighted by Gasteiger charge is -2.14. The number of hydrogen-bond donors (Lipinski definition) is 1. The van der Waals surface area contributed by atoms with E-state index >= 15 is 0 Å². The molecule has 0 radical (unpaired) electrons. The minimum absolute atomic E-state index is 0.0432. The van der Waals surface area contributed by atoms with Gasteiger partial charge >= 0.3 is 0 Å². The Hall–Kier alpha value is -2.14. The number of oxazole rings is 1. The lowest BCUT2D eigenvalue weighted by atomic mass is 10.1. The summed E-state index contributed by atoms with van der Waals surface area (Å²) >= 11 is 3.42. The molecule has 3 rings (SSSR count). The third kappa shape index (κ3) is 3.36. The summed E-state index contributed by atoms with van der Waals surface area (Å²) in [6.07, 6.45) is 2.16. The Bertz CT molecular complexity index is 796. The first-order valence-corrected chi connectivity index (χ1v) is 7.79. The van der Waals surface area contributed by atoms with E-state index < -0.39 is 0 Å². The van der Waals surface area contributed by atoms with Crippen LogP contribution in [0, 0.1) is 0 Å². The molecule has 1 atom stereocenters. The Morgan fingerprint density at radius 2 is 2.05 bits per heavy atom. The standard InChI is InChI=1S/C17H15BrN2O2/c1-11(8-12-2-5-14(18)6-3-12)20-17(21)13-4-7-16-15(9-13)19-10-22-16/h2-7,9-11H,8H2,1H3,(H,20,21). The van der Waals surface area contributed by atoms with E-state index in [1.807, 2.05) is 31.2 Å². The van der Waals surface area contributed by atoms with Gasteiger partial charge in [0.1, 0.15) is 5.52 Å². The Labute approximate surface area is 136 Å². The molecule has 5 heteroatoms. The number of aromatic nitrogens is 1. The smallest absolute Gasteiger partial charge is 0.251 e. The highest BCUT2D eigenvalue weighted by Crippen LogP contribution is 2.15. The number of hydrogen-bond acceptors (Lipinski definition) is 3. The van der Waals surface area contributed by atoms with Crippen molar-refractivity contribution in [3.63, 3.8) is 0 Å². The third-order valence-electron chi connectivity index (χ3n) is 3.43. The molecule has 1 N–H and O–H groups in total. The van der Waals surface area contributed by atoms with Crippen LogP contribution in [0.15, 0.2) is 57.7 Å². The SMILES string of the molecule is CC(Cc1ccc(Br)cc1)NC(=O)c1ccc2ocnc2c1. The lowest BCUT2D eigenvalue weighted by molar-refractivity contribution is 0.0940. The number of carbonyl (C=O) groups excluding carboxylic acids is 1. The maximum Gasteiger partial charge on any atom is 0.251 e. The molecule has 0 spiro atoms. The number of carbonyl (C=O) groups is 1. The van der Waals surface area contributed by atoms with E-state index in [2.05, 4.69) is 26.2 Å².